The standard InChI is InChI=1S/C13H16ClNO4/c1-8-13(18,4-5-19-8)7-15-12(17)10-6-9(14)2-3-11(10)16/h2-3,6,8,16,18H,4-5,7H2,1H3,(H,15,17). The van der Waals surface area contributed by atoms with Gasteiger partial charge in [0.15, 0.2) is 0 Å². The van der Waals surface area contributed by atoms with Gasteiger partial charge < -0.3 is 20.3 Å². The predicted molar refractivity (Wildman–Crippen MR) is 70.4 cm³/mol. The van der Waals surface area contributed by atoms with Crippen LogP contribution in [-0.4, -0.2) is 41.0 Å². The van der Waals surface area contributed by atoms with E-state index in [1.807, 2.05) is 0 Å². The molecule has 0 bridgehead atoms. The van der Waals surface area contributed by atoms with Crippen molar-refractivity contribution in [3.8, 4) is 5.75 Å². The Balaban J connectivity index is 2.03. The first-order valence-electron chi connectivity index (χ1n) is 6.03. The second-order valence-corrected chi connectivity index (χ2v) is 5.15. The van der Waals surface area contributed by atoms with Crippen molar-refractivity contribution < 1.29 is 19.7 Å². The molecule has 2 rings (SSSR count). The summed E-state index contributed by atoms with van der Waals surface area (Å²) in [5.41, 5.74) is -0.980. The van der Waals surface area contributed by atoms with Gasteiger partial charge in [-0.3, -0.25) is 4.79 Å². The highest BCUT2D eigenvalue weighted by Gasteiger charge is 2.39. The van der Waals surface area contributed by atoms with E-state index >= 15 is 0 Å². The van der Waals surface area contributed by atoms with Crippen molar-refractivity contribution >= 4 is 17.5 Å². The molecule has 2 atom stereocenters. The summed E-state index contributed by atoms with van der Waals surface area (Å²) in [4.78, 5) is 11.9. The minimum atomic E-state index is -1.07. The number of hydrogen-bond acceptors (Lipinski definition) is 4. The molecule has 1 aromatic rings. The highest BCUT2D eigenvalue weighted by molar-refractivity contribution is 6.31. The minimum absolute atomic E-state index is 0.0684. The Morgan fingerprint density at radius 1 is 1.63 bits per heavy atom. The predicted octanol–water partition coefficient (Wildman–Crippen LogP) is 1.32. The molecule has 0 radical (unpaired) electrons. The zero-order valence-electron chi connectivity index (χ0n) is 10.5. The van der Waals surface area contributed by atoms with Gasteiger partial charge in [0, 0.05) is 24.6 Å². The van der Waals surface area contributed by atoms with Gasteiger partial charge in [-0.2, -0.15) is 0 Å². The van der Waals surface area contributed by atoms with E-state index in [1.54, 1.807) is 6.92 Å². The average Bonchev–Trinajstić information content (AvgIpc) is 2.70. The maximum absolute atomic E-state index is 11.9. The number of nitrogens with one attached hydrogen (secondary N) is 1. The zero-order valence-corrected chi connectivity index (χ0v) is 11.3. The number of aromatic hydroxyl groups is 1. The van der Waals surface area contributed by atoms with E-state index in [0.717, 1.165) is 0 Å². The zero-order chi connectivity index (χ0) is 14.0. The van der Waals surface area contributed by atoms with Crippen LogP contribution in [0.5, 0.6) is 5.75 Å². The van der Waals surface area contributed by atoms with E-state index in [-0.39, 0.29) is 24.0 Å². The molecule has 1 amide bonds. The number of halogens is 1. The van der Waals surface area contributed by atoms with Crippen LogP contribution >= 0.6 is 11.6 Å². The summed E-state index contributed by atoms with van der Waals surface area (Å²) in [6.07, 6.45) is 0.136. The van der Waals surface area contributed by atoms with Crippen LogP contribution in [0.2, 0.25) is 5.02 Å². The van der Waals surface area contributed by atoms with Crippen LogP contribution in [-0.2, 0) is 4.74 Å². The van der Waals surface area contributed by atoms with Gasteiger partial charge >= 0.3 is 0 Å². The number of carbonyl (C=O) groups is 1. The monoisotopic (exact) mass is 285 g/mol. The largest absolute Gasteiger partial charge is 0.507 e. The molecule has 1 saturated heterocycles. The number of phenolic OH excluding ortho intramolecular Hbond substituents is 1. The number of rotatable bonds is 3. The fraction of sp³-hybridized carbons (Fsp3) is 0.462. The molecule has 0 aliphatic carbocycles. The highest BCUT2D eigenvalue weighted by Crippen LogP contribution is 2.25. The van der Waals surface area contributed by atoms with E-state index < -0.39 is 11.5 Å². The maximum Gasteiger partial charge on any atom is 0.255 e. The van der Waals surface area contributed by atoms with E-state index in [9.17, 15) is 15.0 Å². The minimum Gasteiger partial charge on any atom is -0.507 e. The van der Waals surface area contributed by atoms with Crippen molar-refractivity contribution in [3.05, 3.63) is 28.8 Å². The van der Waals surface area contributed by atoms with Crippen molar-refractivity contribution in [2.45, 2.75) is 25.0 Å². The number of benzene rings is 1. The summed E-state index contributed by atoms with van der Waals surface area (Å²) in [6.45, 7) is 2.30. The molecule has 3 N–H and O–H groups in total. The van der Waals surface area contributed by atoms with Gasteiger partial charge in [0.2, 0.25) is 0 Å². The molecule has 5 nitrogen and oxygen atoms in total. The number of phenols is 1. The molecule has 0 aromatic heterocycles. The maximum atomic E-state index is 11.9. The van der Waals surface area contributed by atoms with Crippen molar-refractivity contribution in [1.29, 1.82) is 0 Å². The lowest BCUT2D eigenvalue weighted by Crippen LogP contribution is -2.47. The molecule has 1 aliphatic heterocycles. The lowest BCUT2D eigenvalue weighted by Gasteiger charge is -2.26. The van der Waals surface area contributed by atoms with E-state index in [4.69, 9.17) is 16.3 Å². The molecule has 1 aliphatic rings. The van der Waals surface area contributed by atoms with Gasteiger partial charge in [0.1, 0.15) is 11.4 Å². The van der Waals surface area contributed by atoms with E-state index in [2.05, 4.69) is 5.32 Å². The summed E-state index contributed by atoms with van der Waals surface area (Å²) in [6, 6.07) is 4.23. The second kappa shape index (κ2) is 5.36. The van der Waals surface area contributed by atoms with Gasteiger partial charge in [-0.05, 0) is 25.1 Å². The van der Waals surface area contributed by atoms with Crippen molar-refractivity contribution in [2.75, 3.05) is 13.2 Å². The van der Waals surface area contributed by atoms with E-state index in [0.29, 0.717) is 18.1 Å². The fourth-order valence-electron chi connectivity index (χ4n) is 2.02. The fourth-order valence-corrected chi connectivity index (χ4v) is 2.19. The molecular weight excluding hydrogens is 270 g/mol. The Morgan fingerprint density at radius 2 is 2.37 bits per heavy atom. The molecule has 0 spiro atoms. The Hall–Kier alpha value is -1.30. The average molecular weight is 286 g/mol. The molecule has 6 heteroatoms. The SMILES string of the molecule is CC1OCCC1(O)CNC(=O)c1cc(Cl)ccc1O. The number of aliphatic hydroxyl groups is 1. The van der Waals surface area contributed by atoms with Crippen molar-refractivity contribution in [3.63, 3.8) is 0 Å². The number of ether oxygens (including phenoxy) is 1. The quantitative estimate of drug-likeness (QED) is 0.782. The topological polar surface area (TPSA) is 78.8 Å². The first kappa shape index (κ1) is 14.1. The van der Waals surface area contributed by atoms with Crippen LogP contribution in [0.15, 0.2) is 18.2 Å². The third-order valence-corrected chi connectivity index (χ3v) is 3.65. The molecule has 1 fully saturated rings. The summed E-state index contributed by atoms with van der Waals surface area (Å²) in [5.74, 6) is -0.628. The number of carbonyl (C=O) groups excluding carboxylic acids is 1. The van der Waals surface area contributed by atoms with Crippen LogP contribution in [0.3, 0.4) is 0 Å². The van der Waals surface area contributed by atoms with E-state index in [1.165, 1.54) is 18.2 Å². The number of amides is 1. The molecule has 2 unspecified atom stereocenters. The van der Waals surface area contributed by atoms with Gasteiger partial charge in [-0.15, -0.1) is 0 Å². The van der Waals surface area contributed by atoms with Gasteiger partial charge in [0.05, 0.1) is 11.7 Å². The van der Waals surface area contributed by atoms with Crippen LogP contribution in [0.25, 0.3) is 0 Å². The first-order chi connectivity index (χ1) is 8.92. The summed E-state index contributed by atoms with van der Waals surface area (Å²) in [5, 5.41) is 22.8. The molecule has 1 aromatic carbocycles. The molecule has 19 heavy (non-hydrogen) atoms. The van der Waals surface area contributed by atoms with Crippen LogP contribution in [0, 0.1) is 0 Å². The number of hydrogen-bond donors (Lipinski definition) is 3. The molecule has 0 saturated carbocycles. The second-order valence-electron chi connectivity index (χ2n) is 4.71. The van der Waals surface area contributed by atoms with Crippen LogP contribution < -0.4 is 5.32 Å². The highest BCUT2D eigenvalue weighted by atomic mass is 35.5. The van der Waals surface area contributed by atoms with Crippen LogP contribution in [0.1, 0.15) is 23.7 Å². The third-order valence-electron chi connectivity index (χ3n) is 3.42. The van der Waals surface area contributed by atoms with Gasteiger partial charge in [-0.25, -0.2) is 0 Å². The normalized spacial score (nSPS) is 26.4. The first-order valence-corrected chi connectivity index (χ1v) is 6.41. The van der Waals surface area contributed by atoms with Crippen LogP contribution in [0.4, 0.5) is 0 Å². The smallest absolute Gasteiger partial charge is 0.255 e. The summed E-state index contributed by atoms with van der Waals surface area (Å²) < 4.78 is 5.28. The lowest BCUT2D eigenvalue weighted by atomic mass is 9.96. The molecule has 104 valence electrons. The van der Waals surface area contributed by atoms with Crippen molar-refractivity contribution in [2.24, 2.45) is 0 Å². The molecular formula is C13H16ClNO4. The Labute approximate surface area is 116 Å². The summed E-state index contributed by atoms with van der Waals surface area (Å²) in [7, 11) is 0. The van der Waals surface area contributed by atoms with Gasteiger partial charge in [0.25, 0.3) is 5.91 Å². The third kappa shape index (κ3) is 3.00. The van der Waals surface area contributed by atoms with Gasteiger partial charge in [-0.1, -0.05) is 11.6 Å². The lowest BCUT2D eigenvalue weighted by molar-refractivity contribution is -0.0251. The Morgan fingerprint density at radius 3 is 3.00 bits per heavy atom. The van der Waals surface area contributed by atoms with Crippen molar-refractivity contribution in [1.82, 2.24) is 5.32 Å². The molecule has 1 heterocycles. The Bertz CT molecular complexity index is 494. The Kier molecular flexibility index (Phi) is 3.99. The summed E-state index contributed by atoms with van der Waals surface area (Å²) >= 11 is 5.78.